The van der Waals surface area contributed by atoms with Crippen molar-refractivity contribution in [3.8, 4) is 0 Å². The van der Waals surface area contributed by atoms with E-state index in [0.717, 1.165) is 29.7 Å². The molecule has 0 radical (unpaired) electrons. The van der Waals surface area contributed by atoms with Gasteiger partial charge in [-0.15, -0.1) is 0 Å². The second kappa shape index (κ2) is 9.10. The number of aryl methyl sites for hydroxylation is 2. The summed E-state index contributed by atoms with van der Waals surface area (Å²) in [5.41, 5.74) is 3.78. The molecule has 0 aliphatic heterocycles. The molecule has 0 saturated carbocycles. The summed E-state index contributed by atoms with van der Waals surface area (Å²) >= 11 is 0. The van der Waals surface area contributed by atoms with Crippen molar-refractivity contribution in [3.63, 3.8) is 0 Å². The third-order valence-corrected chi connectivity index (χ3v) is 4.59. The van der Waals surface area contributed by atoms with Gasteiger partial charge in [-0.1, -0.05) is 32.0 Å². The minimum absolute atomic E-state index is 0.143. The Morgan fingerprint density at radius 1 is 0.897 bits per heavy atom. The molecular weight excluding hydrogens is 369 g/mol. The highest BCUT2D eigenvalue weighted by Gasteiger charge is 2.15. The normalized spacial score (nSPS) is 10.4. The van der Waals surface area contributed by atoms with Crippen LogP contribution in [0, 0.1) is 5.82 Å². The molecule has 148 valence electrons. The van der Waals surface area contributed by atoms with Gasteiger partial charge in [0.25, 0.3) is 11.8 Å². The van der Waals surface area contributed by atoms with E-state index in [0.29, 0.717) is 5.69 Å². The molecule has 0 unspecified atom stereocenters. The lowest BCUT2D eigenvalue weighted by Crippen LogP contribution is -2.18. The number of nitrogens with zero attached hydrogens (tertiary/aromatic N) is 1. The number of halogens is 1. The van der Waals surface area contributed by atoms with Crippen molar-refractivity contribution >= 4 is 23.2 Å². The average molecular weight is 391 g/mol. The summed E-state index contributed by atoms with van der Waals surface area (Å²) in [7, 11) is 0. The number of hydrogen-bond donors (Lipinski definition) is 2. The van der Waals surface area contributed by atoms with E-state index >= 15 is 0 Å². The monoisotopic (exact) mass is 391 g/mol. The first-order valence-corrected chi connectivity index (χ1v) is 9.47. The van der Waals surface area contributed by atoms with Crippen molar-refractivity contribution in [2.24, 2.45) is 0 Å². The Labute approximate surface area is 169 Å². The number of benzene rings is 2. The standard InChI is InChI=1S/C23H22FN3O2/c1-3-15-6-5-7-16(4-2)21(15)27-23(29)20-14-17(12-13-25-20)22(28)26-19-10-8-18(24)9-11-19/h5-14H,3-4H2,1-2H3,(H,26,28)(H,27,29). The Balaban J connectivity index is 1.79. The van der Waals surface area contributed by atoms with Gasteiger partial charge in [0.1, 0.15) is 11.5 Å². The maximum absolute atomic E-state index is 13.0. The number of rotatable bonds is 6. The number of anilines is 2. The van der Waals surface area contributed by atoms with E-state index in [4.69, 9.17) is 0 Å². The Morgan fingerprint density at radius 3 is 2.17 bits per heavy atom. The van der Waals surface area contributed by atoms with Gasteiger partial charge in [0, 0.05) is 23.1 Å². The van der Waals surface area contributed by atoms with Crippen molar-refractivity contribution in [1.82, 2.24) is 4.98 Å². The van der Waals surface area contributed by atoms with Crippen LogP contribution in [0.5, 0.6) is 0 Å². The fourth-order valence-corrected chi connectivity index (χ4v) is 3.01. The molecule has 0 fully saturated rings. The lowest BCUT2D eigenvalue weighted by molar-refractivity contribution is 0.102. The second-order valence-electron chi connectivity index (χ2n) is 6.50. The lowest BCUT2D eigenvalue weighted by Gasteiger charge is -2.14. The van der Waals surface area contributed by atoms with Gasteiger partial charge in [-0.2, -0.15) is 0 Å². The SMILES string of the molecule is CCc1cccc(CC)c1NC(=O)c1cc(C(=O)Nc2ccc(F)cc2)ccn1. The van der Waals surface area contributed by atoms with Gasteiger partial charge in [-0.3, -0.25) is 14.6 Å². The molecule has 2 amide bonds. The molecule has 2 N–H and O–H groups in total. The molecule has 0 aliphatic carbocycles. The molecule has 0 aliphatic rings. The number of carbonyl (C=O) groups excluding carboxylic acids is 2. The first kappa shape index (κ1) is 20.2. The second-order valence-corrected chi connectivity index (χ2v) is 6.50. The average Bonchev–Trinajstić information content (AvgIpc) is 2.75. The largest absolute Gasteiger partial charge is 0.322 e. The molecule has 0 atom stereocenters. The lowest BCUT2D eigenvalue weighted by atomic mass is 10.0. The van der Waals surface area contributed by atoms with Gasteiger partial charge < -0.3 is 10.6 Å². The van der Waals surface area contributed by atoms with Crippen LogP contribution < -0.4 is 10.6 Å². The predicted octanol–water partition coefficient (Wildman–Crippen LogP) is 4.85. The van der Waals surface area contributed by atoms with Crippen LogP contribution in [0.15, 0.2) is 60.8 Å². The van der Waals surface area contributed by atoms with Crippen LogP contribution in [0.4, 0.5) is 15.8 Å². The number of nitrogens with one attached hydrogen (secondary N) is 2. The fraction of sp³-hybridized carbons (Fsp3) is 0.174. The summed E-state index contributed by atoms with van der Waals surface area (Å²) in [5.74, 6) is -1.17. The third kappa shape index (κ3) is 4.85. The molecule has 3 rings (SSSR count). The summed E-state index contributed by atoms with van der Waals surface area (Å²) in [5, 5.41) is 5.62. The summed E-state index contributed by atoms with van der Waals surface area (Å²) in [6, 6.07) is 14.4. The molecule has 6 heteroatoms. The number of aromatic nitrogens is 1. The predicted molar refractivity (Wildman–Crippen MR) is 112 cm³/mol. The van der Waals surface area contributed by atoms with Gasteiger partial charge in [-0.05, 0) is 60.4 Å². The van der Waals surface area contributed by atoms with E-state index in [1.807, 2.05) is 32.0 Å². The summed E-state index contributed by atoms with van der Waals surface area (Å²) in [6.45, 7) is 4.06. The Kier molecular flexibility index (Phi) is 6.34. The zero-order valence-corrected chi connectivity index (χ0v) is 16.3. The van der Waals surface area contributed by atoms with Crippen molar-refractivity contribution in [2.75, 3.05) is 10.6 Å². The van der Waals surface area contributed by atoms with E-state index in [9.17, 15) is 14.0 Å². The quantitative estimate of drug-likeness (QED) is 0.631. The van der Waals surface area contributed by atoms with Gasteiger partial charge in [0.15, 0.2) is 0 Å². The Hall–Kier alpha value is -3.54. The Morgan fingerprint density at radius 2 is 1.55 bits per heavy atom. The summed E-state index contributed by atoms with van der Waals surface area (Å²) in [6.07, 6.45) is 2.99. The van der Waals surface area contributed by atoms with Crippen LogP contribution in [0.1, 0.15) is 45.8 Å². The van der Waals surface area contributed by atoms with Crippen LogP contribution >= 0.6 is 0 Å². The minimum Gasteiger partial charge on any atom is -0.322 e. The van der Waals surface area contributed by atoms with Gasteiger partial charge in [0.05, 0.1) is 0 Å². The number of amides is 2. The number of para-hydroxylation sites is 1. The molecule has 0 spiro atoms. The molecule has 5 nitrogen and oxygen atoms in total. The summed E-state index contributed by atoms with van der Waals surface area (Å²) < 4.78 is 13.0. The number of hydrogen-bond acceptors (Lipinski definition) is 3. The van der Waals surface area contributed by atoms with Gasteiger partial charge in [0.2, 0.25) is 0 Å². The van der Waals surface area contributed by atoms with Crippen LogP contribution in [-0.2, 0) is 12.8 Å². The zero-order valence-electron chi connectivity index (χ0n) is 16.3. The van der Waals surface area contributed by atoms with E-state index < -0.39 is 5.91 Å². The minimum atomic E-state index is -0.406. The molecule has 29 heavy (non-hydrogen) atoms. The molecule has 1 heterocycles. The zero-order chi connectivity index (χ0) is 20.8. The molecule has 0 saturated heterocycles. The van der Waals surface area contributed by atoms with Crippen molar-refractivity contribution in [2.45, 2.75) is 26.7 Å². The highest BCUT2D eigenvalue weighted by molar-refractivity contribution is 6.08. The first-order valence-electron chi connectivity index (χ1n) is 9.47. The number of carbonyl (C=O) groups is 2. The summed E-state index contributed by atoms with van der Waals surface area (Å²) in [4.78, 5) is 29.3. The van der Waals surface area contributed by atoms with E-state index in [-0.39, 0.29) is 23.0 Å². The van der Waals surface area contributed by atoms with Crippen LogP contribution in [-0.4, -0.2) is 16.8 Å². The maximum atomic E-state index is 13.0. The van der Waals surface area contributed by atoms with Crippen LogP contribution in [0.3, 0.4) is 0 Å². The molecule has 2 aromatic carbocycles. The number of pyridine rings is 1. The van der Waals surface area contributed by atoms with Crippen LogP contribution in [0.2, 0.25) is 0 Å². The topological polar surface area (TPSA) is 71.1 Å². The smallest absolute Gasteiger partial charge is 0.274 e. The highest BCUT2D eigenvalue weighted by atomic mass is 19.1. The highest BCUT2D eigenvalue weighted by Crippen LogP contribution is 2.23. The van der Waals surface area contributed by atoms with Gasteiger partial charge >= 0.3 is 0 Å². The van der Waals surface area contributed by atoms with Crippen molar-refractivity contribution < 1.29 is 14.0 Å². The molecule has 1 aromatic heterocycles. The molecule has 3 aromatic rings. The van der Waals surface area contributed by atoms with Crippen LogP contribution in [0.25, 0.3) is 0 Å². The molecular formula is C23H22FN3O2. The van der Waals surface area contributed by atoms with Gasteiger partial charge in [-0.25, -0.2) is 4.39 Å². The maximum Gasteiger partial charge on any atom is 0.274 e. The first-order chi connectivity index (χ1) is 14.0. The third-order valence-electron chi connectivity index (χ3n) is 4.59. The Bertz CT molecular complexity index is 1010. The van der Waals surface area contributed by atoms with Crippen molar-refractivity contribution in [1.29, 1.82) is 0 Å². The fourth-order valence-electron chi connectivity index (χ4n) is 3.01. The van der Waals surface area contributed by atoms with E-state index in [1.54, 1.807) is 0 Å². The van der Waals surface area contributed by atoms with Crippen molar-refractivity contribution in [3.05, 3.63) is 89.0 Å². The van der Waals surface area contributed by atoms with E-state index in [1.165, 1.54) is 42.6 Å². The molecule has 0 bridgehead atoms. The van der Waals surface area contributed by atoms with E-state index in [2.05, 4.69) is 15.6 Å².